The summed E-state index contributed by atoms with van der Waals surface area (Å²) in [5.74, 6) is -0.124. The van der Waals surface area contributed by atoms with E-state index in [2.05, 4.69) is 0 Å². The first-order chi connectivity index (χ1) is 7.56. The van der Waals surface area contributed by atoms with Gasteiger partial charge in [-0.05, 0) is 19.2 Å². The Balaban J connectivity index is 2.06. The van der Waals surface area contributed by atoms with Crippen molar-refractivity contribution in [1.82, 2.24) is 4.90 Å². The molecule has 1 fully saturated rings. The number of likely N-dealkylation sites (tertiary alicyclic amines) is 1. The van der Waals surface area contributed by atoms with Crippen molar-refractivity contribution in [3.8, 4) is 5.75 Å². The summed E-state index contributed by atoms with van der Waals surface area (Å²) < 4.78 is 18.6. The molecule has 1 aliphatic heterocycles. The summed E-state index contributed by atoms with van der Waals surface area (Å²) in [6, 6.07) is 4.26. The van der Waals surface area contributed by atoms with Crippen LogP contribution in [0.2, 0.25) is 5.02 Å². The van der Waals surface area contributed by atoms with Crippen molar-refractivity contribution < 1.29 is 14.2 Å². The molecule has 1 aromatic carbocycles. The van der Waals surface area contributed by atoms with E-state index < -0.39 is 11.9 Å². The van der Waals surface area contributed by atoms with Gasteiger partial charge in [-0.2, -0.15) is 0 Å². The molecule has 1 aliphatic rings. The zero-order chi connectivity index (χ0) is 11.7. The minimum absolute atomic E-state index is 0.0661. The van der Waals surface area contributed by atoms with Crippen molar-refractivity contribution in [1.29, 1.82) is 0 Å². The van der Waals surface area contributed by atoms with Gasteiger partial charge in [-0.25, -0.2) is 4.39 Å². The van der Waals surface area contributed by atoms with Crippen LogP contribution < -0.4 is 4.74 Å². The number of hydrogen-bond acceptors (Lipinski definition) is 3. The summed E-state index contributed by atoms with van der Waals surface area (Å²) in [5.41, 5.74) is 0. The van der Waals surface area contributed by atoms with Gasteiger partial charge in [0, 0.05) is 19.2 Å². The van der Waals surface area contributed by atoms with Crippen LogP contribution in [-0.4, -0.2) is 42.4 Å². The predicted octanol–water partition coefficient (Wildman–Crippen LogP) is 1.53. The quantitative estimate of drug-likeness (QED) is 0.858. The Hall–Kier alpha value is -0.840. The summed E-state index contributed by atoms with van der Waals surface area (Å²) in [5, 5.41) is 9.72. The van der Waals surface area contributed by atoms with Crippen molar-refractivity contribution >= 4 is 11.6 Å². The van der Waals surface area contributed by atoms with E-state index >= 15 is 0 Å². The van der Waals surface area contributed by atoms with Crippen LogP contribution in [0, 0.1) is 5.82 Å². The van der Waals surface area contributed by atoms with Crippen LogP contribution in [0.5, 0.6) is 5.75 Å². The lowest BCUT2D eigenvalue weighted by atomic mass is 10.2. The molecule has 0 radical (unpaired) electrons. The molecule has 1 aromatic rings. The standard InChI is InChI=1S/C11H13ClFNO2/c1-14-5-10(15)11(6-14)16-7-2-3-8(12)9(13)4-7/h2-4,10-11,15H,5-6H2,1H3/t10-,11+/m1/s1. The number of ether oxygens (including phenoxy) is 1. The van der Waals surface area contributed by atoms with Crippen molar-refractivity contribution in [2.24, 2.45) is 0 Å². The maximum atomic E-state index is 13.1. The summed E-state index contributed by atoms with van der Waals surface area (Å²) >= 11 is 5.56. The highest BCUT2D eigenvalue weighted by Gasteiger charge is 2.30. The lowest BCUT2D eigenvalue weighted by molar-refractivity contribution is 0.0735. The number of nitrogens with zero attached hydrogens (tertiary/aromatic N) is 1. The van der Waals surface area contributed by atoms with E-state index in [4.69, 9.17) is 16.3 Å². The minimum Gasteiger partial charge on any atom is -0.486 e. The van der Waals surface area contributed by atoms with Crippen molar-refractivity contribution in [2.45, 2.75) is 12.2 Å². The monoisotopic (exact) mass is 245 g/mol. The SMILES string of the molecule is CN1C[C@@H](O)[C@@H](Oc2ccc(Cl)c(F)c2)C1. The van der Waals surface area contributed by atoms with Gasteiger partial charge >= 0.3 is 0 Å². The van der Waals surface area contributed by atoms with Crippen molar-refractivity contribution in [3.63, 3.8) is 0 Å². The van der Waals surface area contributed by atoms with E-state index in [0.717, 1.165) is 0 Å². The smallest absolute Gasteiger partial charge is 0.145 e. The van der Waals surface area contributed by atoms with Crippen molar-refractivity contribution in [3.05, 3.63) is 29.0 Å². The molecule has 1 heterocycles. The molecule has 0 bridgehead atoms. The lowest BCUT2D eigenvalue weighted by Crippen LogP contribution is -2.29. The van der Waals surface area contributed by atoms with Gasteiger partial charge in [-0.15, -0.1) is 0 Å². The number of aliphatic hydroxyl groups is 1. The van der Waals surface area contributed by atoms with Crippen LogP contribution in [0.1, 0.15) is 0 Å². The Labute approximate surface area is 98.4 Å². The molecule has 0 aliphatic carbocycles. The molecular weight excluding hydrogens is 233 g/mol. The minimum atomic E-state index is -0.538. The van der Waals surface area contributed by atoms with Gasteiger partial charge in [0.1, 0.15) is 23.8 Å². The van der Waals surface area contributed by atoms with Crippen LogP contribution in [0.4, 0.5) is 4.39 Å². The zero-order valence-corrected chi connectivity index (χ0v) is 9.62. The molecule has 0 saturated carbocycles. The average molecular weight is 246 g/mol. The van der Waals surface area contributed by atoms with Crippen LogP contribution in [0.25, 0.3) is 0 Å². The number of hydrogen-bond donors (Lipinski definition) is 1. The Bertz CT molecular complexity index is 388. The highest BCUT2D eigenvalue weighted by atomic mass is 35.5. The molecule has 0 aromatic heterocycles. The fourth-order valence-corrected chi connectivity index (χ4v) is 1.90. The summed E-state index contributed by atoms with van der Waals surface area (Å²) in [6.45, 7) is 1.20. The Morgan fingerprint density at radius 2 is 2.25 bits per heavy atom. The second-order valence-electron chi connectivity index (χ2n) is 4.02. The number of β-amino-alcohol motifs (C(OH)–C–C–N with tert-alkyl or cyclic N) is 1. The van der Waals surface area contributed by atoms with Gasteiger partial charge in [-0.1, -0.05) is 11.6 Å². The average Bonchev–Trinajstić information content (AvgIpc) is 2.51. The molecule has 1 N–H and O–H groups in total. The zero-order valence-electron chi connectivity index (χ0n) is 8.86. The van der Waals surface area contributed by atoms with E-state index in [1.54, 1.807) is 6.07 Å². The van der Waals surface area contributed by atoms with Gasteiger partial charge in [0.15, 0.2) is 0 Å². The van der Waals surface area contributed by atoms with E-state index in [0.29, 0.717) is 18.8 Å². The third-order valence-electron chi connectivity index (χ3n) is 2.60. The molecule has 88 valence electrons. The van der Waals surface area contributed by atoms with Gasteiger partial charge in [-0.3, -0.25) is 4.90 Å². The lowest BCUT2D eigenvalue weighted by Gasteiger charge is -2.16. The number of likely N-dealkylation sites (N-methyl/N-ethyl adjacent to an activating group) is 1. The highest BCUT2D eigenvalue weighted by molar-refractivity contribution is 6.30. The van der Waals surface area contributed by atoms with E-state index in [9.17, 15) is 9.50 Å². The van der Waals surface area contributed by atoms with Crippen LogP contribution in [0.3, 0.4) is 0 Å². The Morgan fingerprint density at radius 3 is 2.81 bits per heavy atom. The first-order valence-corrected chi connectivity index (χ1v) is 5.42. The van der Waals surface area contributed by atoms with E-state index in [1.807, 2.05) is 11.9 Å². The van der Waals surface area contributed by atoms with Crippen LogP contribution in [0.15, 0.2) is 18.2 Å². The molecule has 0 spiro atoms. The fourth-order valence-electron chi connectivity index (χ4n) is 1.78. The maximum absolute atomic E-state index is 13.1. The normalized spacial score (nSPS) is 26.0. The largest absolute Gasteiger partial charge is 0.486 e. The molecule has 2 atom stereocenters. The molecule has 0 unspecified atom stereocenters. The van der Waals surface area contributed by atoms with Crippen LogP contribution >= 0.6 is 11.6 Å². The topological polar surface area (TPSA) is 32.7 Å². The van der Waals surface area contributed by atoms with Gasteiger partial charge in [0.2, 0.25) is 0 Å². The molecule has 2 rings (SSSR count). The van der Waals surface area contributed by atoms with Gasteiger partial charge in [0.25, 0.3) is 0 Å². The number of rotatable bonds is 2. The third kappa shape index (κ3) is 2.45. The first kappa shape index (κ1) is 11.6. The molecule has 3 nitrogen and oxygen atoms in total. The maximum Gasteiger partial charge on any atom is 0.145 e. The fraction of sp³-hybridized carbons (Fsp3) is 0.455. The Morgan fingerprint density at radius 1 is 1.50 bits per heavy atom. The van der Waals surface area contributed by atoms with E-state index in [-0.39, 0.29) is 11.1 Å². The summed E-state index contributed by atoms with van der Waals surface area (Å²) in [7, 11) is 1.90. The Kier molecular flexibility index (Phi) is 3.33. The molecule has 0 amide bonds. The third-order valence-corrected chi connectivity index (χ3v) is 2.90. The molecule has 1 saturated heterocycles. The molecule has 5 heteroatoms. The molecule has 16 heavy (non-hydrogen) atoms. The first-order valence-electron chi connectivity index (χ1n) is 5.04. The predicted molar refractivity (Wildman–Crippen MR) is 59.3 cm³/mol. The number of benzene rings is 1. The summed E-state index contributed by atoms with van der Waals surface area (Å²) in [6.07, 6.45) is -0.852. The van der Waals surface area contributed by atoms with Crippen LogP contribution in [-0.2, 0) is 0 Å². The second kappa shape index (κ2) is 4.57. The molecular formula is C11H13ClFNO2. The second-order valence-corrected chi connectivity index (χ2v) is 4.43. The van der Waals surface area contributed by atoms with Gasteiger partial charge < -0.3 is 9.84 Å². The van der Waals surface area contributed by atoms with E-state index in [1.165, 1.54) is 12.1 Å². The number of aliphatic hydroxyl groups excluding tert-OH is 1. The number of halogens is 2. The summed E-state index contributed by atoms with van der Waals surface area (Å²) in [4.78, 5) is 1.96. The van der Waals surface area contributed by atoms with Gasteiger partial charge in [0.05, 0.1) is 5.02 Å². The highest BCUT2D eigenvalue weighted by Crippen LogP contribution is 2.23. The van der Waals surface area contributed by atoms with Crippen molar-refractivity contribution in [2.75, 3.05) is 20.1 Å².